The normalized spacial score (nSPS) is 18.9. The predicted molar refractivity (Wildman–Crippen MR) is 125 cm³/mol. The van der Waals surface area contributed by atoms with Crippen molar-refractivity contribution in [3.63, 3.8) is 0 Å². The lowest BCUT2D eigenvalue weighted by Crippen LogP contribution is -2.39. The van der Waals surface area contributed by atoms with E-state index in [-0.39, 0.29) is 17.9 Å². The smallest absolute Gasteiger partial charge is 0.223 e. The first-order valence-electron chi connectivity index (χ1n) is 11.8. The van der Waals surface area contributed by atoms with Crippen LogP contribution in [0.3, 0.4) is 0 Å². The van der Waals surface area contributed by atoms with Gasteiger partial charge in [-0.2, -0.15) is 0 Å². The largest absolute Gasteiger partial charge is 0.372 e. The van der Waals surface area contributed by atoms with Crippen molar-refractivity contribution in [2.75, 3.05) is 37.6 Å². The lowest BCUT2D eigenvalue weighted by Gasteiger charge is -2.22. The van der Waals surface area contributed by atoms with Gasteiger partial charge in [0.25, 0.3) is 0 Å². The Kier molecular flexibility index (Phi) is 8.84. The molecule has 1 aromatic rings. The van der Waals surface area contributed by atoms with Gasteiger partial charge in [-0.15, -0.1) is 0 Å². The Balaban J connectivity index is 1.50. The van der Waals surface area contributed by atoms with Crippen molar-refractivity contribution in [2.45, 2.75) is 64.8 Å². The highest BCUT2D eigenvalue weighted by atomic mass is 16.1. The van der Waals surface area contributed by atoms with E-state index in [4.69, 9.17) is 0 Å². The molecular formula is C24H39N5O. The van der Waals surface area contributed by atoms with Gasteiger partial charge in [0.15, 0.2) is 5.96 Å². The molecule has 1 saturated carbocycles. The maximum atomic E-state index is 12.3. The quantitative estimate of drug-likeness (QED) is 0.346. The Morgan fingerprint density at radius 2 is 1.90 bits per heavy atom. The van der Waals surface area contributed by atoms with E-state index in [1.807, 2.05) is 0 Å². The van der Waals surface area contributed by atoms with Crippen LogP contribution in [-0.4, -0.2) is 44.6 Å². The maximum absolute atomic E-state index is 12.3. The van der Waals surface area contributed by atoms with Crippen LogP contribution in [0.4, 0.5) is 5.69 Å². The Morgan fingerprint density at radius 1 is 1.13 bits per heavy atom. The van der Waals surface area contributed by atoms with E-state index < -0.39 is 0 Å². The molecule has 1 aliphatic heterocycles. The summed E-state index contributed by atoms with van der Waals surface area (Å²) in [5.41, 5.74) is 2.57. The van der Waals surface area contributed by atoms with Gasteiger partial charge >= 0.3 is 0 Å². The molecule has 1 atom stereocenters. The molecule has 166 valence electrons. The Hall–Kier alpha value is -2.24. The zero-order valence-corrected chi connectivity index (χ0v) is 18.8. The van der Waals surface area contributed by atoms with Crippen molar-refractivity contribution in [1.29, 1.82) is 0 Å². The summed E-state index contributed by atoms with van der Waals surface area (Å²) in [6.45, 7) is 8.52. The molecule has 0 bridgehead atoms. The standard InChI is InChI=1S/C24H39N5O/c1-3-25-24(27-15-14-26-23(30)20-10-5-4-6-11-20)28-19(2)21-12-9-13-22(18-21)29-16-7-8-17-29/h9,12-13,18-20H,3-8,10-11,14-17H2,1-2H3,(H,26,30)(H2,25,27,28). The number of amides is 1. The summed E-state index contributed by atoms with van der Waals surface area (Å²) in [4.78, 5) is 19.4. The van der Waals surface area contributed by atoms with Crippen LogP contribution in [-0.2, 0) is 4.79 Å². The van der Waals surface area contributed by atoms with Gasteiger partial charge in [0.2, 0.25) is 5.91 Å². The molecule has 3 N–H and O–H groups in total. The summed E-state index contributed by atoms with van der Waals surface area (Å²) in [7, 11) is 0. The van der Waals surface area contributed by atoms with E-state index in [0.29, 0.717) is 13.1 Å². The van der Waals surface area contributed by atoms with Gasteiger partial charge in [-0.05, 0) is 57.2 Å². The predicted octanol–water partition coefficient (Wildman–Crippen LogP) is 3.60. The number of benzene rings is 1. The third kappa shape index (κ3) is 6.64. The lowest BCUT2D eigenvalue weighted by molar-refractivity contribution is -0.125. The molecule has 1 aromatic carbocycles. The Bertz CT molecular complexity index is 693. The number of carbonyl (C=O) groups excluding carboxylic acids is 1. The zero-order valence-electron chi connectivity index (χ0n) is 18.8. The molecule has 1 heterocycles. The van der Waals surface area contributed by atoms with Gasteiger partial charge in [-0.3, -0.25) is 9.79 Å². The molecule has 1 aliphatic carbocycles. The highest BCUT2D eigenvalue weighted by molar-refractivity contribution is 5.80. The van der Waals surface area contributed by atoms with Gasteiger partial charge in [0, 0.05) is 37.8 Å². The van der Waals surface area contributed by atoms with E-state index in [1.54, 1.807) is 0 Å². The first-order chi connectivity index (χ1) is 14.7. The SMILES string of the molecule is CCNC(=NCCNC(=O)C1CCCCC1)NC(C)c1cccc(N2CCCC2)c1. The van der Waals surface area contributed by atoms with E-state index in [9.17, 15) is 4.79 Å². The first-order valence-corrected chi connectivity index (χ1v) is 11.8. The molecule has 6 heteroatoms. The summed E-state index contributed by atoms with van der Waals surface area (Å²) in [6.07, 6.45) is 8.27. The fraction of sp³-hybridized carbons (Fsp3) is 0.667. The molecule has 0 aromatic heterocycles. The highest BCUT2D eigenvalue weighted by Crippen LogP contribution is 2.24. The minimum absolute atomic E-state index is 0.155. The average Bonchev–Trinajstić information content (AvgIpc) is 3.32. The monoisotopic (exact) mass is 413 g/mol. The third-order valence-electron chi connectivity index (χ3n) is 6.20. The summed E-state index contributed by atoms with van der Waals surface area (Å²) in [5, 5.41) is 9.90. The van der Waals surface area contributed by atoms with Crippen molar-refractivity contribution >= 4 is 17.6 Å². The van der Waals surface area contributed by atoms with Crippen LogP contribution >= 0.6 is 0 Å². The van der Waals surface area contributed by atoms with Crippen LogP contribution in [0.1, 0.15) is 70.4 Å². The van der Waals surface area contributed by atoms with Crippen molar-refractivity contribution in [2.24, 2.45) is 10.9 Å². The van der Waals surface area contributed by atoms with E-state index in [1.165, 1.54) is 43.4 Å². The van der Waals surface area contributed by atoms with Gasteiger partial charge in [-0.25, -0.2) is 0 Å². The van der Waals surface area contributed by atoms with Crippen molar-refractivity contribution in [3.05, 3.63) is 29.8 Å². The topological polar surface area (TPSA) is 68.8 Å². The van der Waals surface area contributed by atoms with Crippen LogP contribution in [0.2, 0.25) is 0 Å². The molecule has 2 aliphatic rings. The number of hydrogen-bond acceptors (Lipinski definition) is 3. The van der Waals surface area contributed by atoms with Crippen LogP contribution < -0.4 is 20.9 Å². The number of guanidine groups is 1. The van der Waals surface area contributed by atoms with E-state index >= 15 is 0 Å². The molecule has 30 heavy (non-hydrogen) atoms. The Labute approximate surface area is 181 Å². The van der Waals surface area contributed by atoms with Crippen molar-refractivity contribution < 1.29 is 4.79 Å². The number of nitrogens with zero attached hydrogens (tertiary/aromatic N) is 2. The third-order valence-corrected chi connectivity index (χ3v) is 6.20. The number of hydrogen-bond donors (Lipinski definition) is 3. The molecule has 2 fully saturated rings. The minimum Gasteiger partial charge on any atom is -0.372 e. The molecule has 1 unspecified atom stereocenters. The van der Waals surface area contributed by atoms with Gasteiger partial charge in [0.05, 0.1) is 12.6 Å². The fourth-order valence-corrected chi connectivity index (χ4v) is 4.43. The van der Waals surface area contributed by atoms with Crippen LogP contribution in [0, 0.1) is 5.92 Å². The summed E-state index contributed by atoms with van der Waals surface area (Å²) in [5.74, 6) is 1.20. The van der Waals surface area contributed by atoms with E-state index in [0.717, 1.165) is 38.4 Å². The summed E-state index contributed by atoms with van der Waals surface area (Å²) in [6, 6.07) is 8.96. The van der Waals surface area contributed by atoms with Gasteiger partial charge in [-0.1, -0.05) is 31.4 Å². The molecule has 1 amide bonds. The van der Waals surface area contributed by atoms with Crippen LogP contribution in [0.25, 0.3) is 0 Å². The van der Waals surface area contributed by atoms with Gasteiger partial charge in [0.1, 0.15) is 0 Å². The summed E-state index contributed by atoms with van der Waals surface area (Å²) >= 11 is 0. The lowest BCUT2D eigenvalue weighted by atomic mass is 9.89. The highest BCUT2D eigenvalue weighted by Gasteiger charge is 2.20. The zero-order chi connectivity index (χ0) is 21.2. The van der Waals surface area contributed by atoms with Crippen molar-refractivity contribution in [1.82, 2.24) is 16.0 Å². The second kappa shape index (κ2) is 11.8. The Morgan fingerprint density at radius 3 is 2.63 bits per heavy atom. The number of anilines is 1. The van der Waals surface area contributed by atoms with Gasteiger partial charge < -0.3 is 20.9 Å². The average molecular weight is 414 g/mol. The fourth-order valence-electron chi connectivity index (χ4n) is 4.43. The molecule has 0 spiro atoms. The number of nitrogens with one attached hydrogen (secondary N) is 3. The second-order valence-corrected chi connectivity index (χ2v) is 8.54. The van der Waals surface area contributed by atoms with Crippen LogP contribution in [0.5, 0.6) is 0 Å². The molecule has 1 saturated heterocycles. The van der Waals surface area contributed by atoms with Crippen LogP contribution in [0.15, 0.2) is 29.3 Å². The maximum Gasteiger partial charge on any atom is 0.223 e. The number of rotatable bonds is 8. The van der Waals surface area contributed by atoms with Crippen molar-refractivity contribution in [3.8, 4) is 0 Å². The summed E-state index contributed by atoms with van der Waals surface area (Å²) < 4.78 is 0. The molecule has 3 rings (SSSR count). The first kappa shape index (κ1) is 22.4. The minimum atomic E-state index is 0.155. The molecule has 0 radical (unpaired) electrons. The molecule has 6 nitrogen and oxygen atoms in total. The molecular weight excluding hydrogens is 374 g/mol. The number of carbonyl (C=O) groups is 1. The second-order valence-electron chi connectivity index (χ2n) is 8.54. The number of aliphatic imine (C=N–C) groups is 1. The van der Waals surface area contributed by atoms with E-state index in [2.05, 4.69) is 64.0 Å².